The van der Waals surface area contributed by atoms with Gasteiger partial charge in [0.2, 0.25) is 0 Å². The van der Waals surface area contributed by atoms with Crippen LogP contribution in [0.4, 0.5) is 17.6 Å². The number of rotatable bonds is 3. The number of alkyl halides is 4. The maximum Gasteiger partial charge on any atom is 0.573 e. The van der Waals surface area contributed by atoms with Gasteiger partial charge in [0.1, 0.15) is 12.2 Å². The summed E-state index contributed by atoms with van der Waals surface area (Å²) in [5, 5.41) is 0. The predicted molar refractivity (Wildman–Crippen MR) is 59.8 cm³/mol. The van der Waals surface area contributed by atoms with Crippen LogP contribution in [0.3, 0.4) is 0 Å². The molecule has 1 aromatic rings. The Hall–Kier alpha value is -1.13. The van der Waals surface area contributed by atoms with E-state index >= 15 is 0 Å². The summed E-state index contributed by atoms with van der Waals surface area (Å²) in [5.41, 5.74) is -0.765. The van der Waals surface area contributed by atoms with Gasteiger partial charge in [-0.05, 0) is 22.6 Å². The highest BCUT2D eigenvalue weighted by atomic mass is 127. The van der Waals surface area contributed by atoms with Crippen LogP contribution in [-0.2, 0) is 11.4 Å². The fraction of sp³-hybridized carbons (Fsp3) is 0.333. The summed E-state index contributed by atoms with van der Waals surface area (Å²) in [6.45, 7) is -1.08. The number of aromatic nitrogens is 1. The van der Waals surface area contributed by atoms with Gasteiger partial charge in [-0.1, -0.05) is 0 Å². The van der Waals surface area contributed by atoms with Gasteiger partial charge in [-0.3, -0.25) is 4.98 Å². The van der Waals surface area contributed by atoms with Gasteiger partial charge in [-0.25, -0.2) is 9.18 Å². The van der Waals surface area contributed by atoms with E-state index in [2.05, 4.69) is 14.5 Å². The van der Waals surface area contributed by atoms with E-state index in [1.807, 2.05) is 0 Å². The van der Waals surface area contributed by atoms with Gasteiger partial charge in [-0.15, -0.1) is 13.2 Å². The van der Waals surface area contributed by atoms with Gasteiger partial charge in [0.05, 0.1) is 16.4 Å². The first-order valence-corrected chi connectivity index (χ1v) is 5.45. The van der Waals surface area contributed by atoms with Gasteiger partial charge in [-0.2, -0.15) is 0 Å². The number of carbonyl (C=O) groups is 1. The third-order valence-electron chi connectivity index (χ3n) is 1.80. The Kier molecular flexibility index (Phi) is 4.71. The van der Waals surface area contributed by atoms with Crippen molar-refractivity contribution >= 4 is 28.6 Å². The van der Waals surface area contributed by atoms with E-state index in [1.165, 1.54) is 22.6 Å². The smallest absolute Gasteiger partial charge is 0.465 e. The van der Waals surface area contributed by atoms with E-state index < -0.39 is 30.3 Å². The van der Waals surface area contributed by atoms with Gasteiger partial charge in [0, 0.05) is 6.20 Å². The molecule has 1 heterocycles. The second kappa shape index (κ2) is 5.67. The van der Waals surface area contributed by atoms with Crippen molar-refractivity contribution in [1.29, 1.82) is 0 Å². The van der Waals surface area contributed by atoms with Crippen molar-refractivity contribution in [2.45, 2.75) is 13.0 Å². The number of halogens is 5. The highest BCUT2D eigenvalue weighted by molar-refractivity contribution is 14.1. The maximum absolute atomic E-state index is 12.5. The standard InChI is InChI=1S/C9H6F4INO3/c1-17-8(16)4-3-15-5(2-10)6(14)7(4)18-9(11,12)13/h3H,2H2,1H3. The molecule has 0 aliphatic rings. The lowest BCUT2D eigenvalue weighted by atomic mass is 10.2. The number of nitrogens with zero attached hydrogens (tertiary/aromatic N) is 1. The van der Waals surface area contributed by atoms with Crippen LogP contribution in [0.25, 0.3) is 0 Å². The number of hydrogen-bond acceptors (Lipinski definition) is 4. The molecule has 100 valence electrons. The Morgan fingerprint density at radius 3 is 2.56 bits per heavy atom. The molecule has 0 aliphatic heterocycles. The van der Waals surface area contributed by atoms with Crippen molar-refractivity contribution in [2.24, 2.45) is 0 Å². The summed E-state index contributed by atoms with van der Waals surface area (Å²) in [5.74, 6) is -1.86. The molecule has 1 aromatic heterocycles. The molecule has 0 bridgehead atoms. The molecule has 0 spiro atoms. The third kappa shape index (κ3) is 3.43. The minimum atomic E-state index is -5.00. The SMILES string of the molecule is COC(=O)c1cnc(CF)c(I)c1OC(F)(F)F. The molecule has 0 aromatic carbocycles. The van der Waals surface area contributed by atoms with Crippen molar-refractivity contribution in [3.05, 3.63) is 21.0 Å². The molecule has 1 rings (SSSR count). The lowest BCUT2D eigenvalue weighted by Crippen LogP contribution is -2.21. The molecule has 0 saturated heterocycles. The number of ether oxygens (including phenoxy) is 2. The molecular weight excluding hydrogens is 373 g/mol. The van der Waals surface area contributed by atoms with Crippen LogP contribution in [0.15, 0.2) is 6.20 Å². The van der Waals surface area contributed by atoms with Crippen LogP contribution in [-0.4, -0.2) is 24.4 Å². The molecule has 0 N–H and O–H groups in total. The molecule has 0 aliphatic carbocycles. The summed E-state index contributed by atoms with van der Waals surface area (Å²) < 4.78 is 56.9. The Bertz CT molecular complexity index is 464. The lowest BCUT2D eigenvalue weighted by Gasteiger charge is -2.14. The highest BCUT2D eigenvalue weighted by Crippen LogP contribution is 2.33. The predicted octanol–water partition coefficient (Wildman–Crippen LogP) is 2.84. The van der Waals surface area contributed by atoms with E-state index in [0.717, 1.165) is 13.3 Å². The number of hydrogen-bond donors (Lipinski definition) is 0. The van der Waals surface area contributed by atoms with Crippen molar-refractivity contribution in [3.8, 4) is 5.75 Å². The normalized spacial score (nSPS) is 11.2. The maximum atomic E-state index is 12.5. The van der Waals surface area contributed by atoms with Crippen LogP contribution in [0, 0.1) is 3.57 Å². The summed E-state index contributed by atoms with van der Waals surface area (Å²) in [4.78, 5) is 14.8. The van der Waals surface area contributed by atoms with Crippen molar-refractivity contribution in [2.75, 3.05) is 7.11 Å². The molecule has 4 nitrogen and oxygen atoms in total. The van der Waals surface area contributed by atoms with E-state index in [-0.39, 0.29) is 9.26 Å². The van der Waals surface area contributed by atoms with Gasteiger partial charge in [0.15, 0.2) is 5.75 Å². The Balaban J connectivity index is 3.35. The van der Waals surface area contributed by atoms with Crippen molar-refractivity contribution in [3.63, 3.8) is 0 Å². The Morgan fingerprint density at radius 1 is 1.50 bits per heavy atom. The van der Waals surface area contributed by atoms with Gasteiger partial charge in [0.25, 0.3) is 0 Å². The van der Waals surface area contributed by atoms with Crippen LogP contribution in [0.1, 0.15) is 16.1 Å². The van der Waals surface area contributed by atoms with E-state index in [4.69, 9.17) is 0 Å². The minimum absolute atomic E-state index is 0.227. The Labute approximate surface area is 112 Å². The second-order valence-corrected chi connectivity index (χ2v) is 4.01. The molecule has 0 radical (unpaired) electrons. The first-order valence-electron chi connectivity index (χ1n) is 4.37. The van der Waals surface area contributed by atoms with Crippen LogP contribution < -0.4 is 4.74 Å². The lowest BCUT2D eigenvalue weighted by molar-refractivity contribution is -0.275. The number of esters is 1. The van der Waals surface area contributed by atoms with E-state index in [0.29, 0.717) is 0 Å². The minimum Gasteiger partial charge on any atom is -0.465 e. The number of carbonyl (C=O) groups excluding carboxylic acids is 1. The average molecular weight is 379 g/mol. The van der Waals surface area contributed by atoms with Gasteiger partial charge >= 0.3 is 12.3 Å². The molecule has 9 heteroatoms. The zero-order valence-corrected chi connectivity index (χ0v) is 11.0. The largest absolute Gasteiger partial charge is 0.573 e. The van der Waals surface area contributed by atoms with Gasteiger partial charge < -0.3 is 9.47 Å². The molecule has 0 unspecified atom stereocenters. The molecule has 0 atom stereocenters. The summed E-state index contributed by atoms with van der Waals surface area (Å²) >= 11 is 1.42. The molecule has 18 heavy (non-hydrogen) atoms. The summed E-state index contributed by atoms with van der Waals surface area (Å²) in [7, 11) is 0.996. The molecular formula is C9H6F4INO3. The first-order chi connectivity index (χ1) is 8.30. The third-order valence-corrected chi connectivity index (χ3v) is 2.91. The zero-order chi connectivity index (χ0) is 13.9. The summed E-state index contributed by atoms with van der Waals surface area (Å²) in [6, 6.07) is 0. The van der Waals surface area contributed by atoms with Crippen LogP contribution >= 0.6 is 22.6 Å². The number of methoxy groups -OCH3 is 1. The van der Waals surface area contributed by atoms with Crippen molar-refractivity contribution < 1.29 is 31.8 Å². The van der Waals surface area contributed by atoms with Crippen molar-refractivity contribution in [1.82, 2.24) is 4.98 Å². The fourth-order valence-electron chi connectivity index (χ4n) is 1.07. The average Bonchev–Trinajstić information content (AvgIpc) is 2.29. The van der Waals surface area contributed by atoms with E-state index in [1.54, 1.807) is 0 Å². The fourth-order valence-corrected chi connectivity index (χ4v) is 1.76. The Morgan fingerprint density at radius 2 is 2.11 bits per heavy atom. The quantitative estimate of drug-likeness (QED) is 0.461. The first kappa shape index (κ1) is 14.9. The van der Waals surface area contributed by atoms with Crippen LogP contribution in [0.2, 0.25) is 0 Å². The molecule has 0 saturated carbocycles. The molecule has 0 amide bonds. The number of pyridine rings is 1. The zero-order valence-electron chi connectivity index (χ0n) is 8.85. The summed E-state index contributed by atoms with van der Waals surface area (Å²) in [6.07, 6.45) is -4.22. The highest BCUT2D eigenvalue weighted by Gasteiger charge is 2.35. The van der Waals surface area contributed by atoms with Crippen LogP contribution in [0.5, 0.6) is 5.75 Å². The topological polar surface area (TPSA) is 48.4 Å². The van der Waals surface area contributed by atoms with E-state index in [9.17, 15) is 22.4 Å². The second-order valence-electron chi connectivity index (χ2n) is 2.93. The molecule has 0 fully saturated rings. The monoisotopic (exact) mass is 379 g/mol.